The normalized spacial score (nSPS) is 22.1. The largest absolute Gasteiger partial charge is 0.493 e. The molecule has 2 aliphatic rings. The second-order valence-electron chi connectivity index (χ2n) is 5.72. The van der Waals surface area contributed by atoms with Crippen LogP contribution in [0.15, 0.2) is 16.6 Å². The fraction of sp³-hybridized carbons (Fsp3) is 0.625. The highest BCUT2D eigenvalue weighted by Crippen LogP contribution is 2.38. The molecule has 1 saturated carbocycles. The maximum absolute atomic E-state index is 6.08. The topological polar surface area (TPSA) is 39.7 Å². The zero-order valence-corrected chi connectivity index (χ0v) is 13.9. The van der Waals surface area contributed by atoms with Crippen molar-refractivity contribution in [2.45, 2.75) is 44.4 Å². The third-order valence-electron chi connectivity index (χ3n) is 3.86. The minimum Gasteiger partial charge on any atom is -0.493 e. The smallest absolute Gasteiger partial charge is 0.175 e. The van der Waals surface area contributed by atoms with E-state index in [1.165, 1.54) is 18.4 Å². The first-order valence-electron chi connectivity index (χ1n) is 7.60. The van der Waals surface area contributed by atoms with Crippen molar-refractivity contribution in [1.82, 2.24) is 5.32 Å². The minimum atomic E-state index is 0.111. The van der Waals surface area contributed by atoms with Gasteiger partial charge in [-0.2, -0.15) is 0 Å². The van der Waals surface area contributed by atoms with Crippen LogP contribution in [0.3, 0.4) is 0 Å². The Morgan fingerprint density at radius 2 is 2.19 bits per heavy atom. The van der Waals surface area contributed by atoms with E-state index < -0.39 is 0 Å². The second kappa shape index (κ2) is 6.99. The van der Waals surface area contributed by atoms with Gasteiger partial charge in [-0.3, -0.25) is 0 Å². The molecule has 21 heavy (non-hydrogen) atoms. The number of halogens is 1. The zero-order valence-electron chi connectivity index (χ0n) is 12.4. The molecule has 0 amide bonds. The summed E-state index contributed by atoms with van der Waals surface area (Å²) in [5.74, 6) is 1.56. The van der Waals surface area contributed by atoms with E-state index in [2.05, 4.69) is 33.4 Å². The first-order chi connectivity index (χ1) is 10.3. The molecule has 1 aliphatic heterocycles. The summed E-state index contributed by atoms with van der Waals surface area (Å²) >= 11 is 3.61. The van der Waals surface area contributed by atoms with Gasteiger partial charge in [0, 0.05) is 19.2 Å². The van der Waals surface area contributed by atoms with Crippen molar-refractivity contribution in [1.29, 1.82) is 0 Å². The summed E-state index contributed by atoms with van der Waals surface area (Å²) in [4.78, 5) is 0. The first kappa shape index (κ1) is 15.1. The standard InChI is InChI=1S/C16H22BrNO3/c1-19-15-8-11(9-18-12-4-5-12)7-14(17)16(15)21-13-3-2-6-20-10-13/h7-8,12-13,18H,2-6,9-10H2,1H3. The van der Waals surface area contributed by atoms with Gasteiger partial charge in [0.25, 0.3) is 0 Å². The molecule has 1 N–H and O–H groups in total. The van der Waals surface area contributed by atoms with E-state index in [4.69, 9.17) is 14.2 Å². The quantitative estimate of drug-likeness (QED) is 0.849. The van der Waals surface area contributed by atoms with E-state index in [-0.39, 0.29) is 6.10 Å². The van der Waals surface area contributed by atoms with Crippen molar-refractivity contribution in [3.8, 4) is 11.5 Å². The summed E-state index contributed by atoms with van der Waals surface area (Å²) in [6.07, 6.45) is 4.77. The van der Waals surface area contributed by atoms with Gasteiger partial charge in [-0.05, 0) is 59.3 Å². The van der Waals surface area contributed by atoms with Gasteiger partial charge in [0.2, 0.25) is 0 Å². The summed E-state index contributed by atoms with van der Waals surface area (Å²) in [5, 5.41) is 3.52. The Morgan fingerprint density at radius 1 is 1.33 bits per heavy atom. The van der Waals surface area contributed by atoms with Crippen molar-refractivity contribution in [3.05, 3.63) is 22.2 Å². The predicted octanol–water partition coefficient (Wildman–Crippen LogP) is 3.27. The molecule has 1 saturated heterocycles. The van der Waals surface area contributed by atoms with Crippen LogP contribution in [0.5, 0.6) is 11.5 Å². The van der Waals surface area contributed by atoms with Crippen molar-refractivity contribution in [2.24, 2.45) is 0 Å². The lowest BCUT2D eigenvalue weighted by molar-refractivity contribution is 0.00610. The molecule has 3 rings (SSSR count). The van der Waals surface area contributed by atoms with Crippen molar-refractivity contribution in [3.63, 3.8) is 0 Å². The van der Waals surface area contributed by atoms with Crippen LogP contribution in [0, 0.1) is 0 Å². The molecule has 0 radical (unpaired) electrons. The number of methoxy groups -OCH3 is 1. The lowest BCUT2D eigenvalue weighted by Gasteiger charge is -2.25. The number of hydrogen-bond donors (Lipinski definition) is 1. The molecule has 0 aromatic heterocycles. The Labute approximate surface area is 134 Å². The van der Waals surface area contributed by atoms with Gasteiger partial charge in [-0.25, -0.2) is 0 Å². The molecule has 1 aromatic rings. The van der Waals surface area contributed by atoms with Gasteiger partial charge in [0.15, 0.2) is 11.5 Å². The Kier molecular flexibility index (Phi) is 5.03. The summed E-state index contributed by atoms with van der Waals surface area (Å²) in [6, 6.07) is 4.86. The lowest BCUT2D eigenvalue weighted by Crippen LogP contribution is -2.28. The van der Waals surface area contributed by atoms with Crippen LogP contribution in [0.2, 0.25) is 0 Å². The van der Waals surface area contributed by atoms with Crippen molar-refractivity contribution >= 4 is 15.9 Å². The number of hydrogen-bond acceptors (Lipinski definition) is 4. The fourth-order valence-electron chi connectivity index (χ4n) is 2.51. The zero-order chi connectivity index (χ0) is 14.7. The first-order valence-corrected chi connectivity index (χ1v) is 8.40. The monoisotopic (exact) mass is 355 g/mol. The number of rotatable bonds is 6. The van der Waals surface area contributed by atoms with E-state index in [0.717, 1.165) is 42.0 Å². The molecule has 1 aliphatic carbocycles. The van der Waals surface area contributed by atoms with Gasteiger partial charge in [0.1, 0.15) is 6.10 Å². The summed E-state index contributed by atoms with van der Waals surface area (Å²) < 4.78 is 18.0. The fourth-order valence-corrected chi connectivity index (χ4v) is 3.09. The molecule has 4 nitrogen and oxygen atoms in total. The van der Waals surface area contributed by atoms with Crippen molar-refractivity contribution < 1.29 is 14.2 Å². The lowest BCUT2D eigenvalue weighted by atomic mass is 10.1. The van der Waals surface area contributed by atoms with Gasteiger partial charge < -0.3 is 19.5 Å². The third kappa shape index (κ3) is 4.11. The van der Waals surface area contributed by atoms with Crippen LogP contribution in [-0.4, -0.2) is 32.5 Å². The predicted molar refractivity (Wildman–Crippen MR) is 85.0 cm³/mol. The van der Waals surface area contributed by atoms with Gasteiger partial charge in [-0.1, -0.05) is 0 Å². The second-order valence-corrected chi connectivity index (χ2v) is 6.58. The highest BCUT2D eigenvalue weighted by molar-refractivity contribution is 9.10. The van der Waals surface area contributed by atoms with Crippen LogP contribution in [-0.2, 0) is 11.3 Å². The third-order valence-corrected chi connectivity index (χ3v) is 4.45. The molecule has 1 heterocycles. The summed E-state index contributed by atoms with van der Waals surface area (Å²) in [7, 11) is 1.68. The van der Waals surface area contributed by atoms with Crippen molar-refractivity contribution in [2.75, 3.05) is 20.3 Å². The number of nitrogens with one attached hydrogen (secondary N) is 1. The van der Waals surface area contributed by atoms with Crippen LogP contribution < -0.4 is 14.8 Å². The molecule has 116 valence electrons. The molecular formula is C16H22BrNO3. The molecule has 2 fully saturated rings. The number of benzene rings is 1. The SMILES string of the molecule is COc1cc(CNC2CC2)cc(Br)c1OC1CCCOC1. The maximum atomic E-state index is 6.08. The maximum Gasteiger partial charge on any atom is 0.175 e. The Bertz CT molecular complexity index is 485. The van der Waals surface area contributed by atoms with E-state index in [1.54, 1.807) is 7.11 Å². The van der Waals surface area contributed by atoms with E-state index in [0.29, 0.717) is 12.6 Å². The summed E-state index contributed by atoms with van der Waals surface area (Å²) in [6.45, 7) is 2.36. The molecule has 5 heteroatoms. The van der Waals surface area contributed by atoms with Crippen LogP contribution >= 0.6 is 15.9 Å². The molecule has 0 bridgehead atoms. The molecular weight excluding hydrogens is 334 g/mol. The average Bonchev–Trinajstić information content (AvgIpc) is 3.32. The molecule has 1 aromatic carbocycles. The average molecular weight is 356 g/mol. The minimum absolute atomic E-state index is 0.111. The van der Waals surface area contributed by atoms with Gasteiger partial charge in [-0.15, -0.1) is 0 Å². The van der Waals surface area contributed by atoms with E-state index >= 15 is 0 Å². The number of ether oxygens (including phenoxy) is 3. The Balaban J connectivity index is 1.71. The highest BCUT2D eigenvalue weighted by Gasteiger charge is 2.22. The van der Waals surface area contributed by atoms with E-state index in [9.17, 15) is 0 Å². The Morgan fingerprint density at radius 3 is 2.86 bits per heavy atom. The van der Waals surface area contributed by atoms with Crippen LogP contribution in [0.4, 0.5) is 0 Å². The Hall–Kier alpha value is -0.780. The van der Waals surface area contributed by atoms with Crippen LogP contribution in [0.25, 0.3) is 0 Å². The molecule has 1 atom stereocenters. The summed E-state index contributed by atoms with van der Waals surface area (Å²) in [5.41, 5.74) is 1.21. The van der Waals surface area contributed by atoms with Crippen LogP contribution in [0.1, 0.15) is 31.2 Å². The van der Waals surface area contributed by atoms with Gasteiger partial charge >= 0.3 is 0 Å². The molecule has 1 unspecified atom stereocenters. The molecule has 0 spiro atoms. The highest BCUT2D eigenvalue weighted by atomic mass is 79.9. The van der Waals surface area contributed by atoms with Gasteiger partial charge in [0.05, 0.1) is 18.2 Å². The van der Waals surface area contributed by atoms with E-state index in [1.807, 2.05) is 0 Å².